The Labute approximate surface area is 115 Å². The van der Waals surface area contributed by atoms with Crippen LogP contribution >= 0.6 is 12.4 Å². The molecule has 0 spiro atoms. The number of hydrogen-bond acceptors (Lipinski definition) is 3. The standard InChI is InChI=1S/C12H17N.C2N2.ClH/c1-2-4-11(5-3-1)10-12-6-8-13-9-7-12;3-1-2-4;/h1-5,12-13H,6-10H2;;1H. The third-order valence-corrected chi connectivity index (χ3v) is 2.88. The Hall–Kier alpha value is -1.55. The average Bonchev–Trinajstić information content (AvgIpc) is 2.41. The number of halogens is 1. The van der Waals surface area contributed by atoms with Gasteiger partial charge >= 0.3 is 0 Å². The second-order valence-corrected chi connectivity index (χ2v) is 4.11. The van der Waals surface area contributed by atoms with E-state index >= 15 is 0 Å². The maximum absolute atomic E-state index is 7.26. The van der Waals surface area contributed by atoms with Crippen LogP contribution in [0.25, 0.3) is 0 Å². The molecule has 1 heterocycles. The van der Waals surface area contributed by atoms with Gasteiger partial charge in [-0.25, -0.2) is 0 Å². The van der Waals surface area contributed by atoms with Crippen molar-refractivity contribution in [2.75, 3.05) is 13.1 Å². The fourth-order valence-electron chi connectivity index (χ4n) is 2.03. The number of piperidine rings is 1. The van der Waals surface area contributed by atoms with E-state index < -0.39 is 0 Å². The van der Waals surface area contributed by atoms with Crippen molar-refractivity contribution in [1.82, 2.24) is 5.32 Å². The minimum absolute atomic E-state index is 0. The van der Waals surface area contributed by atoms with Crippen LogP contribution in [0.4, 0.5) is 0 Å². The molecule has 2 rings (SSSR count). The molecule has 1 aromatic carbocycles. The molecular formula is C14H18ClN3. The fraction of sp³-hybridized carbons (Fsp3) is 0.429. The zero-order valence-corrected chi connectivity index (χ0v) is 11.1. The van der Waals surface area contributed by atoms with E-state index in [-0.39, 0.29) is 12.4 Å². The van der Waals surface area contributed by atoms with Crippen LogP contribution < -0.4 is 5.32 Å². The lowest BCUT2D eigenvalue weighted by molar-refractivity contribution is 0.372. The van der Waals surface area contributed by atoms with Gasteiger partial charge in [0, 0.05) is 0 Å². The summed E-state index contributed by atoms with van der Waals surface area (Å²) < 4.78 is 0. The molecule has 0 aromatic heterocycles. The van der Waals surface area contributed by atoms with Crippen LogP contribution in [0.15, 0.2) is 30.3 Å². The van der Waals surface area contributed by atoms with Gasteiger partial charge in [-0.1, -0.05) is 30.3 Å². The molecule has 0 saturated carbocycles. The van der Waals surface area contributed by atoms with Crippen LogP contribution in [0.3, 0.4) is 0 Å². The average molecular weight is 264 g/mol. The molecule has 1 aromatic rings. The van der Waals surface area contributed by atoms with Crippen molar-refractivity contribution in [2.24, 2.45) is 5.92 Å². The van der Waals surface area contributed by atoms with E-state index in [0.29, 0.717) is 0 Å². The predicted molar refractivity (Wildman–Crippen MR) is 74.2 cm³/mol. The molecule has 3 nitrogen and oxygen atoms in total. The summed E-state index contributed by atoms with van der Waals surface area (Å²) in [6.45, 7) is 2.41. The summed E-state index contributed by atoms with van der Waals surface area (Å²) in [5, 5.41) is 17.9. The molecule has 1 N–H and O–H groups in total. The third-order valence-electron chi connectivity index (χ3n) is 2.88. The molecule has 0 aliphatic carbocycles. The van der Waals surface area contributed by atoms with Crippen LogP contribution in [-0.4, -0.2) is 13.1 Å². The van der Waals surface area contributed by atoms with E-state index in [1.165, 1.54) is 50.1 Å². The summed E-state index contributed by atoms with van der Waals surface area (Å²) in [6.07, 6.45) is 3.95. The van der Waals surface area contributed by atoms with Crippen LogP contribution in [0.2, 0.25) is 0 Å². The van der Waals surface area contributed by atoms with E-state index in [1.807, 2.05) is 0 Å². The Bertz CT molecular complexity index is 374. The highest BCUT2D eigenvalue weighted by atomic mass is 35.5. The van der Waals surface area contributed by atoms with Gasteiger partial charge in [-0.05, 0) is 43.8 Å². The fourth-order valence-corrected chi connectivity index (χ4v) is 2.03. The van der Waals surface area contributed by atoms with E-state index in [4.69, 9.17) is 10.5 Å². The van der Waals surface area contributed by atoms with Crippen molar-refractivity contribution >= 4 is 12.4 Å². The van der Waals surface area contributed by atoms with Gasteiger partial charge in [0.15, 0.2) is 12.1 Å². The second kappa shape index (κ2) is 10.6. The summed E-state index contributed by atoms with van der Waals surface area (Å²) in [4.78, 5) is 0. The van der Waals surface area contributed by atoms with Crippen LogP contribution in [0, 0.1) is 28.6 Å². The highest BCUT2D eigenvalue weighted by Gasteiger charge is 2.12. The van der Waals surface area contributed by atoms with Crippen molar-refractivity contribution in [3.8, 4) is 12.1 Å². The summed E-state index contributed by atoms with van der Waals surface area (Å²) in [5.74, 6) is 0.906. The normalized spacial score (nSPS) is 14.1. The number of hydrogen-bond donors (Lipinski definition) is 1. The lowest BCUT2D eigenvalue weighted by Gasteiger charge is -2.22. The Kier molecular flexibility index (Phi) is 9.68. The van der Waals surface area contributed by atoms with Crippen molar-refractivity contribution in [3.05, 3.63) is 35.9 Å². The Morgan fingerprint density at radius 1 is 1.06 bits per heavy atom. The van der Waals surface area contributed by atoms with Gasteiger partial charge in [0.25, 0.3) is 0 Å². The first kappa shape index (κ1) is 16.4. The van der Waals surface area contributed by atoms with Gasteiger partial charge in [-0.2, -0.15) is 10.5 Å². The zero-order valence-electron chi connectivity index (χ0n) is 10.3. The molecular weight excluding hydrogens is 246 g/mol. The highest BCUT2D eigenvalue weighted by molar-refractivity contribution is 5.85. The van der Waals surface area contributed by atoms with E-state index in [2.05, 4.69) is 35.6 Å². The lowest BCUT2D eigenvalue weighted by Crippen LogP contribution is -2.28. The van der Waals surface area contributed by atoms with Crippen molar-refractivity contribution in [1.29, 1.82) is 10.5 Å². The van der Waals surface area contributed by atoms with Crippen molar-refractivity contribution in [2.45, 2.75) is 19.3 Å². The van der Waals surface area contributed by atoms with Crippen molar-refractivity contribution < 1.29 is 0 Å². The first-order chi connectivity index (χ1) is 8.36. The summed E-state index contributed by atoms with van der Waals surface area (Å²) in [5.41, 5.74) is 1.49. The number of benzene rings is 1. The number of rotatable bonds is 2. The predicted octanol–water partition coefficient (Wildman–Crippen LogP) is 2.68. The molecule has 0 amide bonds. The number of nitriles is 2. The SMILES string of the molecule is Cl.N#CC#N.c1ccc(CC2CCNCC2)cc1. The van der Waals surface area contributed by atoms with E-state index in [0.717, 1.165) is 5.92 Å². The van der Waals surface area contributed by atoms with E-state index in [1.54, 1.807) is 0 Å². The Morgan fingerprint density at radius 2 is 1.61 bits per heavy atom. The molecule has 0 radical (unpaired) electrons. The van der Waals surface area contributed by atoms with Gasteiger partial charge in [-0.15, -0.1) is 12.4 Å². The van der Waals surface area contributed by atoms with Crippen LogP contribution in [0.5, 0.6) is 0 Å². The molecule has 0 unspecified atom stereocenters. The van der Waals surface area contributed by atoms with Gasteiger partial charge in [-0.3, -0.25) is 0 Å². The van der Waals surface area contributed by atoms with E-state index in [9.17, 15) is 0 Å². The molecule has 96 valence electrons. The Morgan fingerprint density at radius 3 is 2.11 bits per heavy atom. The molecule has 1 saturated heterocycles. The maximum Gasteiger partial charge on any atom is 0.181 e. The monoisotopic (exact) mass is 263 g/mol. The van der Waals surface area contributed by atoms with Crippen LogP contribution in [0.1, 0.15) is 18.4 Å². The number of nitrogens with zero attached hydrogens (tertiary/aromatic N) is 2. The molecule has 1 aliphatic rings. The highest BCUT2D eigenvalue weighted by Crippen LogP contribution is 2.17. The second-order valence-electron chi connectivity index (χ2n) is 4.11. The van der Waals surface area contributed by atoms with Crippen molar-refractivity contribution in [3.63, 3.8) is 0 Å². The van der Waals surface area contributed by atoms with Gasteiger partial charge in [0.2, 0.25) is 0 Å². The van der Waals surface area contributed by atoms with Crippen LogP contribution in [-0.2, 0) is 6.42 Å². The quantitative estimate of drug-likeness (QED) is 0.892. The molecule has 0 atom stereocenters. The van der Waals surface area contributed by atoms with Gasteiger partial charge in [0.05, 0.1) is 0 Å². The third kappa shape index (κ3) is 6.91. The first-order valence-electron chi connectivity index (χ1n) is 5.89. The minimum Gasteiger partial charge on any atom is -0.317 e. The zero-order chi connectivity index (χ0) is 12.3. The lowest BCUT2D eigenvalue weighted by atomic mass is 9.91. The smallest absolute Gasteiger partial charge is 0.181 e. The molecule has 0 bridgehead atoms. The Balaban J connectivity index is 0.000000512. The maximum atomic E-state index is 7.26. The molecule has 1 aliphatic heterocycles. The molecule has 18 heavy (non-hydrogen) atoms. The number of nitrogens with one attached hydrogen (secondary N) is 1. The summed E-state index contributed by atoms with van der Waals surface area (Å²) >= 11 is 0. The largest absolute Gasteiger partial charge is 0.317 e. The van der Waals surface area contributed by atoms with Gasteiger partial charge < -0.3 is 5.32 Å². The molecule has 4 heteroatoms. The minimum atomic E-state index is 0. The molecule has 1 fully saturated rings. The first-order valence-corrected chi connectivity index (χ1v) is 5.89. The topological polar surface area (TPSA) is 59.6 Å². The summed E-state index contributed by atoms with van der Waals surface area (Å²) in [7, 11) is 0. The summed E-state index contributed by atoms with van der Waals surface area (Å²) in [6, 6.07) is 13.3. The van der Waals surface area contributed by atoms with Gasteiger partial charge in [0.1, 0.15) is 0 Å².